The molecule has 6 heteroatoms. The second-order valence-electron chi connectivity index (χ2n) is 9.15. The summed E-state index contributed by atoms with van der Waals surface area (Å²) in [6, 6.07) is 21.8. The van der Waals surface area contributed by atoms with Crippen LogP contribution in [0.25, 0.3) is 0 Å². The van der Waals surface area contributed by atoms with Crippen molar-refractivity contribution in [1.82, 2.24) is 9.80 Å². The molecule has 0 radical (unpaired) electrons. The van der Waals surface area contributed by atoms with Crippen molar-refractivity contribution < 1.29 is 19.1 Å². The Bertz CT molecular complexity index is 830. The van der Waals surface area contributed by atoms with Gasteiger partial charge in [0.15, 0.2) is 0 Å². The van der Waals surface area contributed by atoms with Crippen molar-refractivity contribution in [2.24, 2.45) is 0 Å². The zero-order chi connectivity index (χ0) is 23.6. The van der Waals surface area contributed by atoms with E-state index in [2.05, 4.69) is 58.3 Å². The lowest BCUT2D eigenvalue weighted by atomic mass is 10.0. The lowest BCUT2D eigenvalue weighted by molar-refractivity contribution is -0.150. The van der Waals surface area contributed by atoms with Crippen LogP contribution >= 0.6 is 0 Å². The lowest BCUT2D eigenvalue weighted by Crippen LogP contribution is -2.28. The van der Waals surface area contributed by atoms with Gasteiger partial charge in [0.05, 0.1) is 12.8 Å². The molecule has 182 valence electrons. The maximum atomic E-state index is 12.1. The molecule has 2 aliphatic heterocycles. The third-order valence-corrected chi connectivity index (χ3v) is 6.91. The van der Waals surface area contributed by atoms with E-state index in [1.165, 1.54) is 11.1 Å². The number of benzene rings is 2. The van der Waals surface area contributed by atoms with Crippen molar-refractivity contribution in [2.75, 3.05) is 39.4 Å². The van der Waals surface area contributed by atoms with Gasteiger partial charge in [-0.2, -0.15) is 0 Å². The van der Waals surface area contributed by atoms with Crippen molar-refractivity contribution >= 4 is 11.9 Å². The molecule has 2 unspecified atom stereocenters. The number of ether oxygens (including phenoxy) is 2. The molecule has 0 amide bonds. The Labute approximate surface area is 202 Å². The highest BCUT2D eigenvalue weighted by atomic mass is 16.5. The molecule has 0 aromatic heterocycles. The monoisotopic (exact) mass is 464 g/mol. The van der Waals surface area contributed by atoms with Gasteiger partial charge >= 0.3 is 11.9 Å². The Hall–Kier alpha value is -2.70. The first-order valence-electron chi connectivity index (χ1n) is 12.6. The Balaban J connectivity index is 1.09. The van der Waals surface area contributed by atoms with E-state index >= 15 is 0 Å². The minimum atomic E-state index is -0.337. The molecule has 0 N–H and O–H groups in total. The van der Waals surface area contributed by atoms with Gasteiger partial charge in [-0.05, 0) is 49.9 Å². The molecule has 6 nitrogen and oxygen atoms in total. The summed E-state index contributed by atoms with van der Waals surface area (Å²) in [5.41, 5.74) is 2.64. The van der Waals surface area contributed by atoms with Crippen molar-refractivity contribution in [1.29, 1.82) is 0 Å². The van der Waals surface area contributed by atoms with Gasteiger partial charge in [0.1, 0.15) is 13.2 Å². The van der Waals surface area contributed by atoms with Gasteiger partial charge < -0.3 is 9.47 Å². The van der Waals surface area contributed by atoms with Crippen LogP contribution in [0.5, 0.6) is 0 Å². The van der Waals surface area contributed by atoms with Crippen LogP contribution < -0.4 is 0 Å². The number of carbonyl (C=O) groups is 2. The van der Waals surface area contributed by atoms with Crippen LogP contribution in [0.3, 0.4) is 0 Å². The van der Waals surface area contributed by atoms with Gasteiger partial charge in [-0.1, -0.05) is 60.7 Å². The molecule has 2 heterocycles. The third-order valence-electron chi connectivity index (χ3n) is 6.91. The smallest absolute Gasteiger partial charge is 0.306 e. The second-order valence-corrected chi connectivity index (χ2v) is 9.15. The number of likely N-dealkylation sites (tertiary alicyclic amines) is 2. The fraction of sp³-hybridized carbons (Fsp3) is 0.500. The summed E-state index contributed by atoms with van der Waals surface area (Å²) in [6.07, 6.45) is 4.71. The average Bonchev–Trinajstić information content (AvgIpc) is 3.54. The number of nitrogens with zero attached hydrogens (tertiary/aromatic N) is 2. The maximum absolute atomic E-state index is 12.1. The van der Waals surface area contributed by atoms with E-state index in [0.717, 1.165) is 38.8 Å². The number of hydrogen-bond donors (Lipinski definition) is 0. The van der Waals surface area contributed by atoms with Crippen LogP contribution in [-0.2, 0) is 19.1 Å². The molecule has 2 aromatic rings. The van der Waals surface area contributed by atoms with Gasteiger partial charge in [-0.3, -0.25) is 19.4 Å². The summed E-state index contributed by atoms with van der Waals surface area (Å²) in [5.74, 6) is -0.674. The zero-order valence-corrected chi connectivity index (χ0v) is 19.9. The van der Waals surface area contributed by atoms with Crippen LogP contribution in [-0.4, -0.2) is 61.1 Å². The van der Waals surface area contributed by atoms with E-state index in [4.69, 9.17) is 9.47 Å². The summed E-state index contributed by atoms with van der Waals surface area (Å²) in [5, 5.41) is 0. The van der Waals surface area contributed by atoms with Crippen LogP contribution in [0, 0.1) is 0 Å². The Kier molecular flexibility index (Phi) is 9.11. The molecule has 2 aliphatic rings. The number of esters is 2. The molecule has 0 spiro atoms. The topological polar surface area (TPSA) is 59.1 Å². The normalized spacial score (nSPS) is 20.9. The molecule has 2 saturated heterocycles. The minimum Gasteiger partial charge on any atom is -0.464 e. The van der Waals surface area contributed by atoms with E-state index in [-0.39, 0.29) is 24.8 Å². The molecule has 0 aliphatic carbocycles. The van der Waals surface area contributed by atoms with Crippen LogP contribution in [0.15, 0.2) is 60.7 Å². The van der Waals surface area contributed by atoms with Gasteiger partial charge in [-0.25, -0.2) is 0 Å². The number of carbonyl (C=O) groups excluding carboxylic acids is 2. The molecule has 2 aromatic carbocycles. The highest BCUT2D eigenvalue weighted by molar-refractivity contribution is 5.77. The van der Waals surface area contributed by atoms with E-state index in [9.17, 15) is 9.59 Å². The molecule has 4 rings (SSSR count). The van der Waals surface area contributed by atoms with Crippen LogP contribution in [0.1, 0.15) is 61.7 Å². The number of hydrogen-bond acceptors (Lipinski definition) is 6. The molecular weight excluding hydrogens is 428 g/mol. The highest BCUT2D eigenvalue weighted by Crippen LogP contribution is 2.32. The standard InChI is InChI=1S/C28H36N2O4/c31-27(33-21-19-29-17-7-13-25(29)23-9-3-1-4-10-23)15-16-28(32)34-22-20-30-18-8-14-26(30)24-11-5-2-6-12-24/h1-6,9-12,25-26H,7-8,13-22H2. The highest BCUT2D eigenvalue weighted by Gasteiger charge is 2.26. The summed E-state index contributed by atoms with van der Waals surface area (Å²) >= 11 is 0. The van der Waals surface area contributed by atoms with Crippen molar-refractivity contribution in [2.45, 2.75) is 50.6 Å². The molecule has 0 saturated carbocycles. The van der Waals surface area contributed by atoms with E-state index in [0.29, 0.717) is 38.4 Å². The van der Waals surface area contributed by atoms with Crippen molar-refractivity contribution in [3.63, 3.8) is 0 Å². The lowest BCUT2D eigenvalue weighted by Gasteiger charge is -2.24. The van der Waals surface area contributed by atoms with Crippen molar-refractivity contribution in [3.8, 4) is 0 Å². The van der Waals surface area contributed by atoms with Gasteiger partial charge in [0, 0.05) is 25.2 Å². The zero-order valence-electron chi connectivity index (χ0n) is 19.9. The van der Waals surface area contributed by atoms with Gasteiger partial charge in [0.2, 0.25) is 0 Å². The van der Waals surface area contributed by atoms with Gasteiger partial charge in [-0.15, -0.1) is 0 Å². The first kappa shape index (κ1) is 24.4. The molecule has 2 atom stereocenters. The summed E-state index contributed by atoms with van der Waals surface area (Å²) in [7, 11) is 0. The summed E-state index contributed by atoms with van der Waals surface area (Å²) in [4.78, 5) is 28.9. The summed E-state index contributed by atoms with van der Waals surface area (Å²) in [6.45, 7) is 4.18. The fourth-order valence-electron chi connectivity index (χ4n) is 5.19. The number of rotatable bonds is 11. The van der Waals surface area contributed by atoms with E-state index < -0.39 is 0 Å². The Morgan fingerprint density at radius 1 is 0.676 bits per heavy atom. The van der Waals surface area contributed by atoms with Crippen molar-refractivity contribution in [3.05, 3.63) is 71.8 Å². The Morgan fingerprint density at radius 3 is 1.50 bits per heavy atom. The van der Waals surface area contributed by atoms with E-state index in [1.54, 1.807) is 0 Å². The van der Waals surface area contributed by atoms with Crippen LogP contribution in [0.4, 0.5) is 0 Å². The molecule has 0 bridgehead atoms. The third kappa shape index (κ3) is 6.90. The molecule has 2 fully saturated rings. The SMILES string of the molecule is O=C(CCC(=O)OCCN1CCCC1c1ccccc1)OCCN1CCCC1c1ccccc1. The quantitative estimate of drug-likeness (QED) is 0.456. The maximum Gasteiger partial charge on any atom is 0.306 e. The predicted molar refractivity (Wildman–Crippen MR) is 131 cm³/mol. The molecular formula is C28H36N2O4. The predicted octanol–water partition coefficient (Wildman–Crippen LogP) is 4.53. The first-order valence-corrected chi connectivity index (χ1v) is 12.6. The minimum absolute atomic E-state index is 0.0668. The largest absolute Gasteiger partial charge is 0.464 e. The first-order chi connectivity index (χ1) is 16.7. The molecule has 34 heavy (non-hydrogen) atoms. The van der Waals surface area contributed by atoms with Gasteiger partial charge in [0.25, 0.3) is 0 Å². The Morgan fingerprint density at radius 2 is 1.09 bits per heavy atom. The fourth-order valence-corrected chi connectivity index (χ4v) is 5.19. The average molecular weight is 465 g/mol. The summed E-state index contributed by atoms with van der Waals surface area (Å²) < 4.78 is 10.8. The van der Waals surface area contributed by atoms with Crippen LogP contribution in [0.2, 0.25) is 0 Å². The second kappa shape index (κ2) is 12.7. The van der Waals surface area contributed by atoms with E-state index in [1.807, 2.05) is 12.1 Å².